The number of carbonyl (C=O) groups is 1. The van der Waals surface area contributed by atoms with Gasteiger partial charge < -0.3 is 10.6 Å². The molecule has 1 atom stereocenters. The SMILES string of the molecule is C#Cc1cccc(NC(=O)C2CCNC2)c1. The van der Waals surface area contributed by atoms with E-state index in [1.54, 1.807) is 6.07 Å². The quantitative estimate of drug-likeness (QED) is 0.727. The number of amides is 1. The van der Waals surface area contributed by atoms with Crippen molar-refractivity contribution < 1.29 is 4.79 Å². The highest BCUT2D eigenvalue weighted by molar-refractivity contribution is 5.93. The van der Waals surface area contributed by atoms with E-state index in [4.69, 9.17) is 6.42 Å². The van der Waals surface area contributed by atoms with Crippen LogP contribution < -0.4 is 10.6 Å². The van der Waals surface area contributed by atoms with Crippen LogP contribution in [0.4, 0.5) is 5.69 Å². The summed E-state index contributed by atoms with van der Waals surface area (Å²) < 4.78 is 0. The normalized spacial score (nSPS) is 19.1. The third-order valence-electron chi connectivity index (χ3n) is 2.73. The fourth-order valence-corrected chi connectivity index (χ4v) is 1.81. The monoisotopic (exact) mass is 214 g/mol. The van der Waals surface area contributed by atoms with Crippen LogP contribution in [0.15, 0.2) is 24.3 Å². The van der Waals surface area contributed by atoms with E-state index >= 15 is 0 Å². The largest absolute Gasteiger partial charge is 0.326 e. The summed E-state index contributed by atoms with van der Waals surface area (Å²) in [5.41, 5.74) is 1.55. The van der Waals surface area contributed by atoms with Gasteiger partial charge in [0.1, 0.15) is 0 Å². The second kappa shape index (κ2) is 4.82. The maximum Gasteiger partial charge on any atom is 0.228 e. The molecule has 1 amide bonds. The first kappa shape index (κ1) is 10.7. The van der Waals surface area contributed by atoms with Crippen molar-refractivity contribution in [2.75, 3.05) is 18.4 Å². The summed E-state index contributed by atoms with van der Waals surface area (Å²) in [7, 11) is 0. The Bertz CT molecular complexity index is 428. The maximum atomic E-state index is 11.8. The van der Waals surface area contributed by atoms with Gasteiger partial charge in [-0.25, -0.2) is 0 Å². The topological polar surface area (TPSA) is 41.1 Å². The fraction of sp³-hybridized carbons (Fsp3) is 0.308. The first-order valence-corrected chi connectivity index (χ1v) is 5.38. The van der Waals surface area contributed by atoms with E-state index in [9.17, 15) is 4.79 Å². The number of hydrogen-bond acceptors (Lipinski definition) is 2. The third kappa shape index (κ3) is 2.41. The summed E-state index contributed by atoms with van der Waals surface area (Å²) in [6.45, 7) is 1.68. The molecule has 3 heteroatoms. The second-order valence-electron chi connectivity index (χ2n) is 3.90. The van der Waals surface area contributed by atoms with Crippen molar-refractivity contribution in [1.29, 1.82) is 0 Å². The van der Waals surface area contributed by atoms with Gasteiger partial charge in [-0.15, -0.1) is 6.42 Å². The van der Waals surface area contributed by atoms with E-state index in [-0.39, 0.29) is 11.8 Å². The molecule has 0 bridgehead atoms. The lowest BCUT2D eigenvalue weighted by Gasteiger charge is -2.09. The van der Waals surface area contributed by atoms with E-state index in [2.05, 4.69) is 16.6 Å². The Morgan fingerprint density at radius 2 is 2.44 bits per heavy atom. The lowest BCUT2D eigenvalue weighted by molar-refractivity contribution is -0.119. The molecule has 2 N–H and O–H groups in total. The highest BCUT2D eigenvalue weighted by atomic mass is 16.1. The second-order valence-corrected chi connectivity index (χ2v) is 3.90. The fourth-order valence-electron chi connectivity index (χ4n) is 1.81. The molecule has 1 saturated heterocycles. The van der Waals surface area contributed by atoms with Gasteiger partial charge in [0.15, 0.2) is 0 Å². The summed E-state index contributed by atoms with van der Waals surface area (Å²) in [5, 5.41) is 6.05. The van der Waals surface area contributed by atoms with Crippen molar-refractivity contribution in [2.45, 2.75) is 6.42 Å². The molecule has 82 valence electrons. The number of carbonyl (C=O) groups excluding carboxylic acids is 1. The molecule has 1 heterocycles. The van der Waals surface area contributed by atoms with Crippen molar-refractivity contribution in [2.24, 2.45) is 5.92 Å². The number of rotatable bonds is 2. The van der Waals surface area contributed by atoms with Crippen LogP contribution in [0.2, 0.25) is 0 Å². The lowest BCUT2D eigenvalue weighted by Crippen LogP contribution is -2.24. The van der Waals surface area contributed by atoms with Crippen LogP contribution in [0.5, 0.6) is 0 Å². The van der Waals surface area contributed by atoms with Crippen molar-refractivity contribution in [3.8, 4) is 12.3 Å². The zero-order valence-corrected chi connectivity index (χ0v) is 8.99. The van der Waals surface area contributed by atoms with E-state index < -0.39 is 0 Å². The van der Waals surface area contributed by atoms with Gasteiger partial charge in [-0.05, 0) is 31.2 Å². The van der Waals surface area contributed by atoms with Crippen molar-refractivity contribution >= 4 is 11.6 Å². The van der Waals surface area contributed by atoms with E-state index in [0.717, 1.165) is 30.8 Å². The molecule has 1 aromatic carbocycles. The number of anilines is 1. The Morgan fingerprint density at radius 1 is 1.56 bits per heavy atom. The van der Waals surface area contributed by atoms with Gasteiger partial charge in [0.25, 0.3) is 0 Å². The molecule has 2 rings (SSSR count). The minimum atomic E-state index is 0.0687. The average Bonchev–Trinajstić information content (AvgIpc) is 2.83. The summed E-state index contributed by atoms with van der Waals surface area (Å²) in [6.07, 6.45) is 6.20. The molecular formula is C13H14N2O. The Morgan fingerprint density at radius 3 is 3.12 bits per heavy atom. The molecule has 0 aliphatic carbocycles. The van der Waals surface area contributed by atoms with Crippen LogP contribution in [-0.4, -0.2) is 19.0 Å². The zero-order chi connectivity index (χ0) is 11.4. The predicted octanol–water partition coefficient (Wildman–Crippen LogP) is 1.22. The molecule has 1 aliphatic heterocycles. The zero-order valence-electron chi connectivity index (χ0n) is 8.99. The lowest BCUT2D eigenvalue weighted by atomic mass is 10.1. The number of hydrogen-bond donors (Lipinski definition) is 2. The van der Waals surface area contributed by atoms with Crippen molar-refractivity contribution in [3.63, 3.8) is 0 Å². The van der Waals surface area contributed by atoms with Gasteiger partial charge in [0, 0.05) is 17.8 Å². The van der Waals surface area contributed by atoms with Crippen LogP contribution in [0.25, 0.3) is 0 Å². The summed E-state index contributed by atoms with van der Waals surface area (Å²) >= 11 is 0. The molecule has 3 nitrogen and oxygen atoms in total. The number of nitrogens with one attached hydrogen (secondary N) is 2. The van der Waals surface area contributed by atoms with Gasteiger partial charge in [-0.3, -0.25) is 4.79 Å². The van der Waals surface area contributed by atoms with Gasteiger partial charge in [-0.2, -0.15) is 0 Å². The average molecular weight is 214 g/mol. The van der Waals surface area contributed by atoms with Crippen LogP contribution in [0, 0.1) is 18.3 Å². The van der Waals surface area contributed by atoms with E-state index in [1.165, 1.54) is 0 Å². The molecule has 1 unspecified atom stereocenters. The molecule has 1 aromatic rings. The molecular weight excluding hydrogens is 200 g/mol. The summed E-state index contributed by atoms with van der Waals surface area (Å²) in [5.74, 6) is 2.69. The minimum Gasteiger partial charge on any atom is -0.326 e. The Hall–Kier alpha value is -1.79. The molecule has 0 spiro atoms. The Balaban J connectivity index is 2.03. The Kier molecular flexibility index (Phi) is 3.23. The van der Waals surface area contributed by atoms with E-state index in [0.29, 0.717) is 0 Å². The molecule has 16 heavy (non-hydrogen) atoms. The highest BCUT2D eigenvalue weighted by Gasteiger charge is 2.22. The highest BCUT2D eigenvalue weighted by Crippen LogP contribution is 2.14. The van der Waals surface area contributed by atoms with Crippen LogP contribution in [-0.2, 0) is 4.79 Å². The van der Waals surface area contributed by atoms with Crippen LogP contribution in [0.3, 0.4) is 0 Å². The third-order valence-corrected chi connectivity index (χ3v) is 2.73. The molecule has 0 saturated carbocycles. The van der Waals surface area contributed by atoms with E-state index in [1.807, 2.05) is 18.2 Å². The first-order valence-electron chi connectivity index (χ1n) is 5.38. The van der Waals surface area contributed by atoms with Gasteiger partial charge >= 0.3 is 0 Å². The van der Waals surface area contributed by atoms with Gasteiger partial charge in [0.05, 0.1) is 5.92 Å². The number of terminal acetylenes is 1. The standard InChI is InChI=1S/C13H14N2O/c1-2-10-4-3-5-12(8-10)15-13(16)11-6-7-14-9-11/h1,3-5,8,11,14H,6-7,9H2,(H,15,16). The van der Waals surface area contributed by atoms with Crippen molar-refractivity contribution in [3.05, 3.63) is 29.8 Å². The number of benzene rings is 1. The minimum absolute atomic E-state index is 0.0687. The first-order chi connectivity index (χ1) is 7.79. The summed E-state index contributed by atoms with van der Waals surface area (Å²) in [6, 6.07) is 7.34. The van der Waals surface area contributed by atoms with Gasteiger partial charge in [0.2, 0.25) is 5.91 Å². The molecule has 1 fully saturated rings. The molecule has 0 aromatic heterocycles. The van der Waals surface area contributed by atoms with Crippen LogP contribution >= 0.6 is 0 Å². The van der Waals surface area contributed by atoms with Crippen molar-refractivity contribution in [1.82, 2.24) is 5.32 Å². The molecule has 0 radical (unpaired) electrons. The smallest absolute Gasteiger partial charge is 0.228 e. The Labute approximate surface area is 95.2 Å². The maximum absolute atomic E-state index is 11.8. The summed E-state index contributed by atoms with van der Waals surface area (Å²) in [4.78, 5) is 11.8. The predicted molar refractivity (Wildman–Crippen MR) is 64.0 cm³/mol. The van der Waals surface area contributed by atoms with Crippen LogP contribution in [0.1, 0.15) is 12.0 Å². The van der Waals surface area contributed by atoms with Gasteiger partial charge in [-0.1, -0.05) is 12.0 Å². The molecule has 1 aliphatic rings.